The number of carbonyl (C=O) groups excluding carboxylic acids is 1. The Hall–Kier alpha value is -0.900. The molecule has 0 unspecified atom stereocenters. The van der Waals surface area contributed by atoms with E-state index in [9.17, 15) is 13.2 Å². The van der Waals surface area contributed by atoms with Gasteiger partial charge in [0.2, 0.25) is 15.9 Å². The molecule has 1 aliphatic carbocycles. The lowest BCUT2D eigenvalue weighted by Gasteiger charge is -2.31. The van der Waals surface area contributed by atoms with Crippen molar-refractivity contribution >= 4 is 46.4 Å². The Morgan fingerprint density at radius 3 is 2.46 bits per heavy atom. The normalized spacial score (nSPS) is 23.5. The van der Waals surface area contributed by atoms with Gasteiger partial charge < -0.3 is 16.0 Å². The van der Waals surface area contributed by atoms with Crippen LogP contribution in [0.1, 0.15) is 25.7 Å². The van der Waals surface area contributed by atoms with E-state index in [1.165, 1.54) is 4.31 Å². The molecule has 0 radical (unpaired) electrons. The molecule has 1 saturated heterocycles. The summed E-state index contributed by atoms with van der Waals surface area (Å²) in [6.07, 6.45) is 3.40. The van der Waals surface area contributed by atoms with Gasteiger partial charge in [-0.15, -0.1) is 24.8 Å². The fraction of sp³-hybridized carbons (Fsp3) is 0.611. The second-order valence-electron chi connectivity index (χ2n) is 7.34. The summed E-state index contributed by atoms with van der Waals surface area (Å²) in [6.45, 7) is 2.40. The third-order valence-corrected chi connectivity index (χ3v) is 7.28. The van der Waals surface area contributed by atoms with E-state index in [2.05, 4.69) is 10.2 Å². The van der Waals surface area contributed by atoms with Crippen molar-refractivity contribution in [1.82, 2.24) is 9.21 Å². The summed E-state index contributed by atoms with van der Waals surface area (Å²) >= 11 is 0. The maximum atomic E-state index is 12.8. The number of likely N-dealkylation sites (N-methyl/N-ethyl adjacent to an activating group) is 1. The molecule has 1 aromatic carbocycles. The number of carbonyl (C=O) groups is 1. The molecule has 1 saturated carbocycles. The van der Waals surface area contributed by atoms with Crippen molar-refractivity contribution in [2.24, 2.45) is 11.7 Å². The quantitative estimate of drug-likeness (QED) is 0.711. The Kier molecular flexibility index (Phi) is 9.66. The lowest BCUT2D eigenvalue weighted by atomic mass is 10.00. The van der Waals surface area contributed by atoms with Crippen LogP contribution in [0.3, 0.4) is 0 Å². The number of nitrogens with two attached hydrogens (primary N) is 1. The Labute approximate surface area is 179 Å². The first-order chi connectivity index (χ1) is 12.4. The van der Waals surface area contributed by atoms with E-state index in [0.717, 1.165) is 32.4 Å². The number of nitrogens with one attached hydrogen (secondary N) is 1. The molecule has 1 aliphatic heterocycles. The largest absolute Gasteiger partial charge is 0.327 e. The molecule has 3 N–H and O–H groups in total. The summed E-state index contributed by atoms with van der Waals surface area (Å²) in [7, 11) is -1.56. The van der Waals surface area contributed by atoms with Crippen LogP contribution in [-0.4, -0.2) is 62.8 Å². The summed E-state index contributed by atoms with van der Waals surface area (Å²) in [4.78, 5) is 14.6. The SMILES string of the molecule is CN1CCN(S(=O)(=O)c2cccc(NC(=O)C[C@@H]3CCC[C@H]3N)c2)CC1.Cl.Cl. The number of hydrogen-bond donors (Lipinski definition) is 2. The van der Waals surface area contributed by atoms with Crippen molar-refractivity contribution in [3.63, 3.8) is 0 Å². The van der Waals surface area contributed by atoms with Gasteiger partial charge in [-0.1, -0.05) is 12.5 Å². The van der Waals surface area contributed by atoms with Crippen molar-refractivity contribution < 1.29 is 13.2 Å². The number of piperazine rings is 1. The zero-order valence-corrected chi connectivity index (χ0v) is 18.5. The van der Waals surface area contributed by atoms with Crippen LogP contribution in [0.2, 0.25) is 0 Å². The molecule has 160 valence electrons. The highest BCUT2D eigenvalue weighted by molar-refractivity contribution is 7.89. The highest BCUT2D eigenvalue weighted by Crippen LogP contribution is 2.27. The monoisotopic (exact) mass is 452 g/mol. The van der Waals surface area contributed by atoms with Crippen LogP contribution >= 0.6 is 24.8 Å². The summed E-state index contributed by atoms with van der Waals surface area (Å²) < 4.78 is 27.2. The number of nitrogens with zero attached hydrogens (tertiary/aromatic N) is 2. The number of benzene rings is 1. The zero-order chi connectivity index (χ0) is 18.7. The van der Waals surface area contributed by atoms with Crippen LogP contribution in [0.25, 0.3) is 0 Å². The van der Waals surface area contributed by atoms with E-state index in [1.54, 1.807) is 24.3 Å². The molecule has 1 aromatic rings. The lowest BCUT2D eigenvalue weighted by molar-refractivity contribution is -0.117. The molecular formula is C18H30Cl2N4O3S. The van der Waals surface area contributed by atoms with E-state index < -0.39 is 10.0 Å². The van der Waals surface area contributed by atoms with Crippen molar-refractivity contribution in [2.45, 2.75) is 36.6 Å². The molecule has 2 fully saturated rings. The summed E-state index contributed by atoms with van der Waals surface area (Å²) in [5.41, 5.74) is 6.54. The predicted octanol–water partition coefficient (Wildman–Crippen LogP) is 1.92. The molecule has 2 aliphatic rings. The first-order valence-corrected chi connectivity index (χ1v) is 10.6. The Bertz CT molecular complexity index is 755. The molecule has 0 bridgehead atoms. The van der Waals surface area contributed by atoms with Gasteiger partial charge in [-0.05, 0) is 44.0 Å². The van der Waals surface area contributed by atoms with Crippen molar-refractivity contribution in [2.75, 3.05) is 38.5 Å². The lowest BCUT2D eigenvalue weighted by Crippen LogP contribution is -2.47. The summed E-state index contributed by atoms with van der Waals surface area (Å²) in [6, 6.07) is 6.59. The Balaban J connectivity index is 0.00000196. The average molecular weight is 453 g/mol. The number of hydrogen-bond acceptors (Lipinski definition) is 5. The van der Waals surface area contributed by atoms with Gasteiger partial charge >= 0.3 is 0 Å². The van der Waals surface area contributed by atoms with Gasteiger partial charge in [0.25, 0.3) is 0 Å². The van der Waals surface area contributed by atoms with Gasteiger partial charge in [-0.25, -0.2) is 8.42 Å². The minimum atomic E-state index is -3.54. The number of anilines is 1. The maximum absolute atomic E-state index is 12.8. The second kappa shape index (κ2) is 10.8. The van der Waals surface area contributed by atoms with Crippen molar-refractivity contribution in [1.29, 1.82) is 0 Å². The van der Waals surface area contributed by atoms with Gasteiger partial charge in [-0.2, -0.15) is 4.31 Å². The van der Waals surface area contributed by atoms with E-state index in [-0.39, 0.29) is 47.6 Å². The number of amides is 1. The Morgan fingerprint density at radius 1 is 1.18 bits per heavy atom. The van der Waals surface area contributed by atoms with Crippen LogP contribution in [0.4, 0.5) is 5.69 Å². The smallest absolute Gasteiger partial charge is 0.243 e. The molecule has 10 heteroatoms. The predicted molar refractivity (Wildman–Crippen MR) is 116 cm³/mol. The van der Waals surface area contributed by atoms with Gasteiger partial charge in [0, 0.05) is 44.3 Å². The maximum Gasteiger partial charge on any atom is 0.243 e. The fourth-order valence-electron chi connectivity index (χ4n) is 3.68. The molecule has 1 heterocycles. The van der Waals surface area contributed by atoms with E-state index in [0.29, 0.717) is 25.2 Å². The summed E-state index contributed by atoms with van der Waals surface area (Å²) in [5, 5.41) is 2.83. The van der Waals surface area contributed by atoms with E-state index in [1.807, 2.05) is 7.05 Å². The molecule has 0 aromatic heterocycles. The van der Waals surface area contributed by atoms with Crippen LogP contribution in [-0.2, 0) is 14.8 Å². The highest BCUT2D eigenvalue weighted by atomic mass is 35.5. The summed E-state index contributed by atoms with van der Waals surface area (Å²) in [5.74, 6) is 0.105. The zero-order valence-electron chi connectivity index (χ0n) is 16.0. The number of halogens is 2. The molecular weight excluding hydrogens is 423 g/mol. The highest BCUT2D eigenvalue weighted by Gasteiger charge is 2.28. The van der Waals surface area contributed by atoms with Crippen molar-refractivity contribution in [3.05, 3.63) is 24.3 Å². The van der Waals surface area contributed by atoms with Crippen molar-refractivity contribution in [3.8, 4) is 0 Å². The van der Waals surface area contributed by atoms with E-state index in [4.69, 9.17) is 5.73 Å². The van der Waals surface area contributed by atoms with Gasteiger partial charge in [0.15, 0.2) is 0 Å². The standard InChI is InChI=1S/C18H28N4O3S.2ClH/c1-21-8-10-22(11-9-21)26(24,25)16-6-3-5-15(13-16)20-18(23)12-14-4-2-7-17(14)19;;/h3,5-6,13-14,17H,2,4,7-12,19H2,1H3,(H,20,23);2*1H/t14-,17+;;/m0../s1. The molecule has 28 heavy (non-hydrogen) atoms. The minimum absolute atomic E-state index is 0. The first kappa shape index (κ1) is 25.1. The second-order valence-corrected chi connectivity index (χ2v) is 9.28. The minimum Gasteiger partial charge on any atom is -0.327 e. The molecule has 3 rings (SSSR count). The van der Waals surface area contributed by atoms with Crippen LogP contribution in [0.5, 0.6) is 0 Å². The van der Waals surface area contributed by atoms with E-state index >= 15 is 0 Å². The first-order valence-electron chi connectivity index (χ1n) is 9.20. The average Bonchev–Trinajstić information content (AvgIpc) is 3.00. The number of sulfonamides is 1. The van der Waals surface area contributed by atoms with Gasteiger partial charge in [-0.3, -0.25) is 4.79 Å². The van der Waals surface area contributed by atoms with Crippen LogP contribution < -0.4 is 11.1 Å². The number of rotatable bonds is 5. The third-order valence-electron chi connectivity index (χ3n) is 5.38. The molecule has 1 amide bonds. The van der Waals surface area contributed by atoms with Gasteiger partial charge in [0.1, 0.15) is 0 Å². The van der Waals surface area contributed by atoms with Gasteiger partial charge in [0.05, 0.1) is 4.90 Å². The van der Waals surface area contributed by atoms with Crippen LogP contribution in [0.15, 0.2) is 29.2 Å². The Morgan fingerprint density at radius 2 is 1.86 bits per heavy atom. The van der Waals surface area contributed by atoms with Crippen LogP contribution in [0, 0.1) is 5.92 Å². The fourth-order valence-corrected chi connectivity index (χ4v) is 5.15. The molecule has 0 spiro atoms. The molecule has 7 nitrogen and oxygen atoms in total. The third kappa shape index (κ3) is 6.05. The molecule has 2 atom stereocenters. The topological polar surface area (TPSA) is 95.7 Å².